The molecule has 0 radical (unpaired) electrons. The van der Waals surface area contributed by atoms with Gasteiger partial charge in [0.25, 0.3) is 11.7 Å². The maximum atomic E-state index is 13.2. The molecule has 0 aromatic heterocycles. The normalized spacial score (nSPS) is 17.5. The van der Waals surface area contributed by atoms with Crippen LogP contribution >= 0.6 is 11.6 Å². The Morgan fingerprint density at radius 2 is 1.70 bits per heavy atom. The summed E-state index contributed by atoms with van der Waals surface area (Å²) < 4.78 is 5.23. The van der Waals surface area contributed by atoms with Crippen molar-refractivity contribution in [3.05, 3.63) is 93.5 Å². The number of Topliss-reactive ketones (excluding diaryl/α,β-unsaturated/α-hetero) is 1. The van der Waals surface area contributed by atoms with E-state index < -0.39 is 17.7 Å². The largest absolute Gasteiger partial charge is 0.507 e. The standard InChI is InChI=1S/C26H22ClNO5/c1-14-9-10-16(11-15(14)2)23(29)21-22(17-12-19(27)24(30)20(13-17)33-3)28(26(32)25(21)31)18-7-5-4-6-8-18/h4-13,22,29-30H,1-3H3/b23-21+. The van der Waals surface area contributed by atoms with Crippen LogP contribution in [-0.4, -0.2) is 29.0 Å². The molecule has 0 aliphatic carbocycles. The fourth-order valence-electron chi connectivity index (χ4n) is 3.95. The molecule has 1 saturated heterocycles. The molecule has 3 aromatic rings. The molecule has 1 aliphatic heterocycles. The smallest absolute Gasteiger partial charge is 0.300 e. The van der Waals surface area contributed by atoms with Crippen LogP contribution in [0.15, 0.2) is 66.2 Å². The van der Waals surface area contributed by atoms with E-state index in [1.54, 1.807) is 42.5 Å². The molecule has 1 atom stereocenters. The number of aromatic hydroxyl groups is 1. The van der Waals surface area contributed by atoms with E-state index in [9.17, 15) is 19.8 Å². The molecule has 0 bridgehead atoms. The van der Waals surface area contributed by atoms with Gasteiger partial charge >= 0.3 is 0 Å². The Morgan fingerprint density at radius 3 is 2.33 bits per heavy atom. The predicted octanol–water partition coefficient (Wildman–Crippen LogP) is 5.30. The average molecular weight is 464 g/mol. The van der Waals surface area contributed by atoms with Gasteiger partial charge in [0.05, 0.1) is 23.7 Å². The first-order valence-electron chi connectivity index (χ1n) is 10.2. The van der Waals surface area contributed by atoms with Gasteiger partial charge in [-0.2, -0.15) is 0 Å². The number of carbonyl (C=O) groups excluding carboxylic acids is 2. The Kier molecular flexibility index (Phi) is 5.87. The maximum Gasteiger partial charge on any atom is 0.300 e. The molecule has 0 saturated carbocycles. The molecule has 1 fully saturated rings. The molecule has 4 rings (SSSR count). The van der Waals surface area contributed by atoms with Gasteiger partial charge in [-0.15, -0.1) is 0 Å². The SMILES string of the molecule is COc1cc(C2/C(=C(\O)c3ccc(C)c(C)c3)C(=O)C(=O)N2c2ccccc2)cc(Cl)c1O. The van der Waals surface area contributed by atoms with Gasteiger partial charge in [-0.25, -0.2) is 0 Å². The molecular weight excluding hydrogens is 442 g/mol. The van der Waals surface area contributed by atoms with Crippen LogP contribution in [0.25, 0.3) is 5.76 Å². The zero-order chi connectivity index (χ0) is 23.9. The summed E-state index contributed by atoms with van der Waals surface area (Å²) in [6.07, 6.45) is 0. The number of aliphatic hydroxyl groups excluding tert-OH is 1. The fourth-order valence-corrected chi connectivity index (χ4v) is 4.17. The number of nitrogens with zero attached hydrogens (tertiary/aromatic N) is 1. The highest BCUT2D eigenvalue weighted by molar-refractivity contribution is 6.51. The van der Waals surface area contributed by atoms with Crippen LogP contribution in [-0.2, 0) is 9.59 Å². The number of aliphatic hydroxyl groups is 1. The van der Waals surface area contributed by atoms with Gasteiger partial charge in [0.15, 0.2) is 11.5 Å². The van der Waals surface area contributed by atoms with Gasteiger partial charge in [-0.05, 0) is 60.9 Å². The molecule has 7 heteroatoms. The minimum Gasteiger partial charge on any atom is -0.507 e. The van der Waals surface area contributed by atoms with E-state index in [0.717, 1.165) is 11.1 Å². The second-order valence-electron chi connectivity index (χ2n) is 7.86. The molecule has 33 heavy (non-hydrogen) atoms. The molecule has 0 spiro atoms. The average Bonchev–Trinajstić information content (AvgIpc) is 3.08. The lowest BCUT2D eigenvalue weighted by molar-refractivity contribution is -0.132. The lowest BCUT2D eigenvalue weighted by Crippen LogP contribution is -2.29. The Labute approximate surface area is 196 Å². The van der Waals surface area contributed by atoms with Gasteiger partial charge in [0, 0.05) is 11.3 Å². The molecule has 6 nitrogen and oxygen atoms in total. The lowest BCUT2D eigenvalue weighted by Gasteiger charge is -2.26. The van der Waals surface area contributed by atoms with Crippen molar-refractivity contribution in [1.82, 2.24) is 0 Å². The highest BCUT2D eigenvalue weighted by atomic mass is 35.5. The highest BCUT2D eigenvalue weighted by Crippen LogP contribution is 2.45. The summed E-state index contributed by atoms with van der Waals surface area (Å²) in [6, 6.07) is 16.0. The zero-order valence-electron chi connectivity index (χ0n) is 18.3. The minimum atomic E-state index is -0.985. The Morgan fingerprint density at radius 1 is 1.00 bits per heavy atom. The van der Waals surface area contributed by atoms with E-state index in [-0.39, 0.29) is 27.9 Å². The van der Waals surface area contributed by atoms with E-state index in [2.05, 4.69) is 0 Å². The van der Waals surface area contributed by atoms with Crippen molar-refractivity contribution in [2.45, 2.75) is 19.9 Å². The molecule has 1 unspecified atom stereocenters. The van der Waals surface area contributed by atoms with E-state index in [4.69, 9.17) is 16.3 Å². The van der Waals surface area contributed by atoms with Crippen molar-refractivity contribution in [2.24, 2.45) is 0 Å². The number of phenolic OH excluding ortho intramolecular Hbond substituents is 1. The second-order valence-corrected chi connectivity index (χ2v) is 8.26. The third-order valence-electron chi connectivity index (χ3n) is 5.85. The Bertz CT molecular complexity index is 1300. The summed E-state index contributed by atoms with van der Waals surface area (Å²) in [7, 11) is 1.37. The number of benzene rings is 3. The highest BCUT2D eigenvalue weighted by Gasteiger charge is 2.47. The van der Waals surface area contributed by atoms with Crippen molar-refractivity contribution in [3.8, 4) is 11.5 Å². The summed E-state index contributed by atoms with van der Waals surface area (Å²) in [5.74, 6) is -2.05. The van der Waals surface area contributed by atoms with Gasteiger partial charge in [0.2, 0.25) is 0 Å². The molecule has 1 aliphatic rings. The van der Waals surface area contributed by atoms with Crippen LogP contribution in [0.3, 0.4) is 0 Å². The topological polar surface area (TPSA) is 87.1 Å². The summed E-state index contributed by atoms with van der Waals surface area (Å²) in [6.45, 7) is 3.84. The Balaban J connectivity index is 2.00. The monoisotopic (exact) mass is 463 g/mol. The number of carbonyl (C=O) groups is 2. The van der Waals surface area contributed by atoms with Gasteiger partial charge < -0.3 is 14.9 Å². The maximum absolute atomic E-state index is 13.2. The molecule has 1 heterocycles. The summed E-state index contributed by atoms with van der Waals surface area (Å²) in [5.41, 5.74) is 3.20. The van der Waals surface area contributed by atoms with E-state index in [0.29, 0.717) is 16.8 Å². The van der Waals surface area contributed by atoms with Gasteiger partial charge in [-0.1, -0.05) is 41.9 Å². The number of phenols is 1. The first-order chi connectivity index (χ1) is 15.7. The van der Waals surface area contributed by atoms with Gasteiger partial charge in [0.1, 0.15) is 5.76 Å². The van der Waals surface area contributed by atoms with Crippen LogP contribution in [0.2, 0.25) is 5.02 Å². The predicted molar refractivity (Wildman–Crippen MR) is 127 cm³/mol. The second kappa shape index (κ2) is 8.64. The van der Waals surface area contributed by atoms with E-state index in [1.807, 2.05) is 19.9 Å². The third kappa shape index (κ3) is 3.83. The van der Waals surface area contributed by atoms with Gasteiger partial charge in [-0.3, -0.25) is 14.5 Å². The van der Waals surface area contributed by atoms with Crippen molar-refractivity contribution in [2.75, 3.05) is 12.0 Å². The van der Waals surface area contributed by atoms with Crippen LogP contribution in [0.5, 0.6) is 11.5 Å². The van der Waals surface area contributed by atoms with Crippen LogP contribution < -0.4 is 9.64 Å². The molecule has 1 amide bonds. The van der Waals surface area contributed by atoms with Crippen molar-refractivity contribution >= 4 is 34.7 Å². The quantitative estimate of drug-likeness (QED) is 0.311. The van der Waals surface area contributed by atoms with E-state index in [1.165, 1.54) is 24.1 Å². The number of amides is 1. The number of methoxy groups -OCH3 is 1. The molecule has 3 aromatic carbocycles. The van der Waals surface area contributed by atoms with Crippen LogP contribution in [0.4, 0.5) is 5.69 Å². The number of halogens is 1. The van der Waals surface area contributed by atoms with Crippen molar-refractivity contribution < 1.29 is 24.5 Å². The van der Waals surface area contributed by atoms with Crippen LogP contribution in [0, 0.1) is 13.8 Å². The number of anilines is 1. The molecular formula is C26H22ClNO5. The summed E-state index contributed by atoms with van der Waals surface area (Å²) >= 11 is 6.23. The van der Waals surface area contributed by atoms with E-state index >= 15 is 0 Å². The third-order valence-corrected chi connectivity index (χ3v) is 6.13. The number of hydrogen-bond donors (Lipinski definition) is 2. The lowest BCUT2D eigenvalue weighted by atomic mass is 9.94. The summed E-state index contributed by atoms with van der Waals surface area (Å²) in [4.78, 5) is 27.7. The number of rotatable bonds is 4. The van der Waals surface area contributed by atoms with Crippen LogP contribution in [0.1, 0.15) is 28.3 Å². The molecule has 168 valence electrons. The number of hydrogen-bond acceptors (Lipinski definition) is 5. The number of ketones is 1. The van der Waals surface area contributed by atoms with Crippen molar-refractivity contribution in [3.63, 3.8) is 0 Å². The zero-order valence-corrected chi connectivity index (χ0v) is 19.1. The van der Waals surface area contributed by atoms with Crippen molar-refractivity contribution in [1.29, 1.82) is 0 Å². The first-order valence-corrected chi connectivity index (χ1v) is 10.6. The first kappa shape index (κ1) is 22.4. The summed E-state index contributed by atoms with van der Waals surface area (Å²) in [5, 5.41) is 21.4. The minimum absolute atomic E-state index is 0.00539. The number of ether oxygens (including phenoxy) is 1. The Hall–Kier alpha value is -3.77. The molecule has 2 N–H and O–H groups in total. The number of aryl methyl sites for hydroxylation is 2. The fraction of sp³-hybridized carbons (Fsp3) is 0.154. The number of para-hydroxylation sites is 1.